The number of carbonyl (C=O) groups excluding carboxylic acids is 1. The molecule has 0 bridgehead atoms. The molecule has 1 saturated heterocycles. The van der Waals surface area contributed by atoms with Gasteiger partial charge in [0.05, 0.1) is 6.04 Å². The third-order valence-electron chi connectivity index (χ3n) is 5.28. The third-order valence-corrected chi connectivity index (χ3v) is 5.28. The number of aryl methyl sites for hydroxylation is 1. The number of nitrogens with zero attached hydrogens (tertiary/aromatic N) is 4. The van der Waals surface area contributed by atoms with Gasteiger partial charge in [-0.05, 0) is 49.9 Å². The number of hydrogen-bond acceptors (Lipinski definition) is 4. The molecular formula is C19H21F3N4O2. The first-order chi connectivity index (χ1) is 13.4. The topological polar surface area (TPSA) is 60.2 Å². The van der Waals surface area contributed by atoms with Crippen molar-refractivity contribution >= 4 is 5.91 Å². The number of carbonyl (C=O) groups is 1. The summed E-state index contributed by atoms with van der Waals surface area (Å²) in [6, 6.07) is 4.90. The van der Waals surface area contributed by atoms with E-state index in [0.717, 1.165) is 68.9 Å². The molecule has 0 spiro atoms. The quantitative estimate of drug-likeness (QED) is 0.793. The lowest BCUT2D eigenvalue weighted by atomic mass is 10.1. The number of alkyl halides is 3. The second-order valence-corrected chi connectivity index (χ2v) is 7.17. The molecule has 1 atom stereocenters. The lowest BCUT2D eigenvalue weighted by Crippen LogP contribution is -2.32. The number of halogens is 3. The third kappa shape index (κ3) is 3.83. The molecule has 4 rings (SSSR count). The Bertz CT molecular complexity index is 848. The van der Waals surface area contributed by atoms with Gasteiger partial charge < -0.3 is 14.2 Å². The van der Waals surface area contributed by atoms with E-state index in [2.05, 4.69) is 19.5 Å². The van der Waals surface area contributed by atoms with Crippen LogP contribution in [-0.2, 0) is 13.0 Å². The fourth-order valence-electron chi connectivity index (χ4n) is 4.00. The van der Waals surface area contributed by atoms with Gasteiger partial charge in [0.15, 0.2) is 5.82 Å². The molecule has 9 heteroatoms. The summed E-state index contributed by atoms with van der Waals surface area (Å²) in [5, 5.41) is 8.70. The summed E-state index contributed by atoms with van der Waals surface area (Å²) in [5.41, 5.74) is 0.331. The summed E-state index contributed by atoms with van der Waals surface area (Å²) < 4.78 is 42.9. The van der Waals surface area contributed by atoms with Crippen molar-refractivity contribution in [1.29, 1.82) is 0 Å². The highest BCUT2D eigenvalue weighted by molar-refractivity contribution is 5.94. The highest BCUT2D eigenvalue weighted by atomic mass is 19.4. The Hall–Kier alpha value is -2.58. The summed E-state index contributed by atoms with van der Waals surface area (Å²) in [4.78, 5) is 14.7. The summed E-state index contributed by atoms with van der Waals surface area (Å²) in [7, 11) is 0. The van der Waals surface area contributed by atoms with Crippen molar-refractivity contribution in [2.75, 3.05) is 6.54 Å². The van der Waals surface area contributed by atoms with Gasteiger partial charge in [0, 0.05) is 25.1 Å². The lowest BCUT2D eigenvalue weighted by Gasteiger charge is -2.25. The zero-order valence-electron chi connectivity index (χ0n) is 15.3. The number of benzene rings is 1. The maximum Gasteiger partial charge on any atom is 0.573 e. The van der Waals surface area contributed by atoms with Gasteiger partial charge in [-0.25, -0.2) is 0 Å². The molecule has 150 valence electrons. The minimum Gasteiger partial charge on any atom is -0.406 e. The van der Waals surface area contributed by atoms with Crippen LogP contribution in [0.2, 0.25) is 0 Å². The normalized spacial score (nSPS) is 20.0. The second kappa shape index (κ2) is 7.44. The van der Waals surface area contributed by atoms with E-state index in [1.54, 1.807) is 4.90 Å². The average molecular weight is 394 g/mol. The fraction of sp³-hybridized carbons (Fsp3) is 0.526. The smallest absolute Gasteiger partial charge is 0.406 e. The molecule has 2 aromatic rings. The van der Waals surface area contributed by atoms with E-state index in [0.29, 0.717) is 12.1 Å². The monoisotopic (exact) mass is 394 g/mol. The Morgan fingerprint density at radius 1 is 1.04 bits per heavy atom. The van der Waals surface area contributed by atoms with Crippen molar-refractivity contribution in [3.8, 4) is 5.75 Å². The van der Waals surface area contributed by atoms with Gasteiger partial charge >= 0.3 is 6.36 Å². The Morgan fingerprint density at radius 2 is 1.82 bits per heavy atom. The first-order valence-corrected chi connectivity index (χ1v) is 9.51. The Labute approximate surface area is 160 Å². The summed E-state index contributed by atoms with van der Waals surface area (Å²) >= 11 is 0. The largest absolute Gasteiger partial charge is 0.573 e. The Morgan fingerprint density at radius 3 is 2.57 bits per heavy atom. The molecule has 2 aliphatic heterocycles. The molecule has 2 aliphatic rings. The van der Waals surface area contributed by atoms with E-state index in [9.17, 15) is 18.0 Å². The number of aromatic nitrogens is 3. The second-order valence-electron chi connectivity index (χ2n) is 7.17. The van der Waals surface area contributed by atoms with E-state index >= 15 is 0 Å². The minimum absolute atomic E-state index is 0.155. The molecular weight excluding hydrogens is 373 g/mol. The van der Waals surface area contributed by atoms with Crippen molar-refractivity contribution in [1.82, 2.24) is 19.7 Å². The van der Waals surface area contributed by atoms with Gasteiger partial charge in [0.1, 0.15) is 11.6 Å². The summed E-state index contributed by atoms with van der Waals surface area (Å²) in [5.74, 6) is 1.23. The van der Waals surface area contributed by atoms with Gasteiger partial charge in [0.25, 0.3) is 5.91 Å². The molecule has 0 aliphatic carbocycles. The van der Waals surface area contributed by atoms with E-state index < -0.39 is 6.36 Å². The van der Waals surface area contributed by atoms with Crippen LogP contribution in [0.1, 0.15) is 60.2 Å². The maximum absolute atomic E-state index is 13.0. The highest BCUT2D eigenvalue weighted by Gasteiger charge is 2.35. The first kappa shape index (κ1) is 18.8. The van der Waals surface area contributed by atoms with Crippen LogP contribution in [0.25, 0.3) is 0 Å². The van der Waals surface area contributed by atoms with Crippen molar-refractivity contribution in [3.63, 3.8) is 0 Å². The molecule has 3 heterocycles. The van der Waals surface area contributed by atoms with E-state index in [-0.39, 0.29) is 17.7 Å². The highest BCUT2D eigenvalue weighted by Crippen LogP contribution is 2.34. The van der Waals surface area contributed by atoms with Crippen LogP contribution in [-0.4, -0.2) is 38.5 Å². The predicted molar refractivity (Wildman–Crippen MR) is 93.7 cm³/mol. The van der Waals surface area contributed by atoms with Gasteiger partial charge in [-0.15, -0.1) is 23.4 Å². The van der Waals surface area contributed by atoms with Crippen LogP contribution in [0.3, 0.4) is 0 Å². The molecule has 0 N–H and O–H groups in total. The van der Waals surface area contributed by atoms with Crippen LogP contribution >= 0.6 is 0 Å². The molecule has 1 aromatic carbocycles. The van der Waals surface area contributed by atoms with Crippen molar-refractivity contribution < 1.29 is 22.7 Å². The first-order valence-electron chi connectivity index (χ1n) is 9.51. The van der Waals surface area contributed by atoms with Gasteiger partial charge in [-0.2, -0.15) is 0 Å². The molecule has 0 radical (unpaired) electrons. The van der Waals surface area contributed by atoms with E-state index in [1.807, 2.05) is 0 Å². The van der Waals surface area contributed by atoms with Gasteiger partial charge in [-0.3, -0.25) is 4.79 Å². The number of ether oxygens (including phenoxy) is 1. The molecule has 1 unspecified atom stereocenters. The number of amides is 1. The molecule has 28 heavy (non-hydrogen) atoms. The Kier molecular flexibility index (Phi) is 4.99. The minimum atomic E-state index is -4.75. The van der Waals surface area contributed by atoms with Crippen LogP contribution in [0, 0.1) is 0 Å². The maximum atomic E-state index is 13.0. The van der Waals surface area contributed by atoms with Gasteiger partial charge in [0.2, 0.25) is 0 Å². The zero-order chi connectivity index (χ0) is 19.7. The van der Waals surface area contributed by atoms with Crippen molar-refractivity contribution in [3.05, 3.63) is 41.5 Å². The molecule has 1 fully saturated rings. The number of hydrogen-bond donors (Lipinski definition) is 0. The average Bonchev–Trinajstić information content (AvgIpc) is 3.21. The van der Waals surface area contributed by atoms with Crippen LogP contribution in [0.15, 0.2) is 24.3 Å². The number of likely N-dealkylation sites (tertiary alicyclic amines) is 1. The standard InChI is InChI=1S/C19H21F3N4O2/c20-19(21,22)28-14-9-7-13(8-10-14)18(27)25-12-4-5-15(25)17-24-23-16-6-2-1-3-11-26(16)17/h7-10,15H,1-6,11-12H2. The summed E-state index contributed by atoms with van der Waals surface area (Å²) in [6.07, 6.45) is 1.12. The lowest BCUT2D eigenvalue weighted by molar-refractivity contribution is -0.274. The predicted octanol–water partition coefficient (Wildman–Crippen LogP) is 3.88. The number of rotatable bonds is 3. The van der Waals surface area contributed by atoms with Crippen LogP contribution < -0.4 is 4.74 Å². The van der Waals surface area contributed by atoms with E-state index in [1.165, 1.54) is 12.1 Å². The zero-order valence-corrected chi connectivity index (χ0v) is 15.3. The van der Waals surface area contributed by atoms with Crippen molar-refractivity contribution in [2.45, 2.75) is 57.5 Å². The Balaban J connectivity index is 1.54. The molecule has 0 saturated carbocycles. The van der Waals surface area contributed by atoms with Crippen LogP contribution in [0.4, 0.5) is 13.2 Å². The van der Waals surface area contributed by atoms with Crippen molar-refractivity contribution in [2.24, 2.45) is 0 Å². The number of fused-ring (bicyclic) bond motifs is 1. The fourth-order valence-corrected chi connectivity index (χ4v) is 4.00. The molecule has 1 amide bonds. The molecule has 6 nitrogen and oxygen atoms in total. The van der Waals surface area contributed by atoms with Crippen LogP contribution in [0.5, 0.6) is 5.75 Å². The van der Waals surface area contributed by atoms with Gasteiger partial charge in [-0.1, -0.05) is 6.42 Å². The van der Waals surface area contributed by atoms with E-state index in [4.69, 9.17) is 0 Å². The molecule has 1 aromatic heterocycles. The SMILES string of the molecule is O=C(c1ccc(OC(F)(F)F)cc1)N1CCCC1c1nnc2n1CCCCC2. The summed E-state index contributed by atoms with van der Waals surface area (Å²) in [6.45, 7) is 1.45.